The summed E-state index contributed by atoms with van der Waals surface area (Å²) in [6.07, 6.45) is 0.467. The molecule has 20 heavy (non-hydrogen) atoms. The van der Waals surface area contributed by atoms with Crippen molar-refractivity contribution in [3.8, 4) is 0 Å². The summed E-state index contributed by atoms with van der Waals surface area (Å²) in [5.74, 6) is 0.00506. The number of benzene rings is 1. The van der Waals surface area contributed by atoms with E-state index in [1.807, 2.05) is 19.1 Å². The molecule has 0 saturated heterocycles. The van der Waals surface area contributed by atoms with Gasteiger partial charge in [0.25, 0.3) is 0 Å². The van der Waals surface area contributed by atoms with E-state index < -0.39 is 0 Å². The van der Waals surface area contributed by atoms with E-state index in [0.717, 1.165) is 31.9 Å². The van der Waals surface area contributed by atoms with E-state index in [2.05, 4.69) is 17.1 Å². The summed E-state index contributed by atoms with van der Waals surface area (Å²) in [6.45, 7) is 8.01. The number of rotatable bonds is 9. The highest BCUT2D eigenvalue weighted by Gasteiger charge is 2.07. The zero-order chi connectivity index (χ0) is 14.8. The van der Waals surface area contributed by atoms with Crippen molar-refractivity contribution in [3.05, 3.63) is 24.3 Å². The molecule has 0 aliphatic heterocycles. The van der Waals surface area contributed by atoms with E-state index in [0.29, 0.717) is 18.7 Å². The van der Waals surface area contributed by atoms with Crippen molar-refractivity contribution in [2.75, 3.05) is 43.9 Å². The third kappa shape index (κ3) is 6.54. The maximum Gasteiger partial charge on any atom is 0.225 e. The Kier molecular flexibility index (Phi) is 7.69. The molecule has 0 saturated carbocycles. The third-order valence-electron chi connectivity index (χ3n) is 3.03. The average Bonchev–Trinajstić information content (AvgIpc) is 2.42. The van der Waals surface area contributed by atoms with Crippen molar-refractivity contribution in [1.29, 1.82) is 0 Å². The molecule has 0 radical (unpaired) electrons. The number of anilines is 2. The van der Waals surface area contributed by atoms with E-state index in [4.69, 9.17) is 10.5 Å². The second kappa shape index (κ2) is 9.34. The predicted molar refractivity (Wildman–Crippen MR) is 82.7 cm³/mol. The summed E-state index contributed by atoms with van der Waals surface area (Å²) in [4.78, 5) is 14.1. The Bertz CT molecular complexity index is 410. The lowest BCUT2D eigenvalue weighted by Crippen LogP contribution is -2.30. The van der Waals surface area contributed by atoms with Gasteiger partial charge in [0.2, 0.25) is 5.91 Å². The standard InChI is InChI=1S/C15H25N3O2/c1-3-18(10-11-20-4-2)9-8-15(19)17-14-7-5-6-13(16)12-14/h5-7,12H,3-4,8-11,16H2,1-2H3,(H,17,19). The van der Waals surface area contributed by atoms with Crippen molar-refractivity contribution in [2.24, 2.45) is 0 Å². The van der Waals surface area contributed by atoms with Crippen LogP contribution >= 0.6 is 0 Å². The summed E-state index contributed by atoms with van der Waals surface area (Å²) < 4.78 is 5.33. The Hall–Kier alpha value is -1.59. The van der Waals surface area contributed by atoms with Crippen LogP contribution in [0.15, 0.2) is 24.3 Å². The van der Waals surface area contributed by atoms with Gasteiger partial charge < -0.3 is 20.7 Å². The lowest BCUT2D eigenvalue weighted by atomic mass is 10.2. The van der Waals surface area contributed by atoms with E-state index >= 15 is 0 Å². The summed E-state index contributed by atoms with van der Waals surface area (Å²) in [7, 11) is 0. The molecule has 0 spiro atoms. The van der Waals surface area contributed by atoms with Gasteiger partial charge in [-0.1, -0.05) is 13.0 Å². The van der Waals surface area contributed by atoms with Crippen LogP contribution in [0.1, 0.15) is 20.3 Å². The molecule has 5 nitrogen and oxygen atoms in total. The van der Waals surface area contributed by atoms with E-state index in [1.54, 1.807) is 12.1 Å². The first-order valence-electron chi connectivity index (χ1n) is 7.11. The molecule has 1 aromatic carbocycles. The second-order valence-corrected chi connectivity index (χ2v) is 4.55. The smallest absolute Gasteiger partial charge is 0.225 e. The second-order valence-electron chi connectivity index (χ2n) is 4.55. The number of likely N-dealkylation sites (N-methyl/N-ethyl adjacent to an activating group) is 1. The molecule has 0 unspecified atom stereocenters. The number of amides is 1. The van der Waals surface area contributed by atoms with Crippen molar-refractivity contribution < 1.29 is 9.53 Å². The van der Waals surface area contributed by atoms with Gasteiger partial charge in [-0.2, -0.15) is 0 Å². The number of ether oxygens (including phenoxy) is 1. The van der Waals surface area contributed by atoms with E-state index in [1.165, 1.54) is 0 Å². The molecule has 0 aliphatic rings. The fourth-order valence-electron chi connectivity index (χ4n) is 1.87. The molecule has 0 aromatic heterocycles. The molecule has 112 valence electrons. The van der Waals surface area contributed by atoms with Crippen LogP contribution in [-0.4, -0.2) is 43.7 Å². The first kappa shape index (κ1) is 16.5. The number of carbonyl (C=O) groups excluding carboxylic acids is 1. The first-order valence-corrected chi connectivity index (χ1v) is 7.11. The summed E-state index contributed by atoms with van der Waals surface area (Å²) in [6, 6.07) is 7.21. The number of hydrogen-bond donors (Lipinski definition) is 2. The minimum atomic E-state index is 0.00506. The monoisotopic (exact) mass is 279 g/mol. The van der Waals surface area contributed by atoms with E-state index in [9.17, 15) is 4.79 Å². The van der Waals surface area contributed by atoms with Gasteiger partial charge in [0.05, 0.1) is 6.61 Å². The van der Waals surface area contributed by atoms with Crippen molar-refractivity contribution >= 4 is 17.3 Å². The third-order valence-corrected chi connectivity index (χ3v) is 3.03. The zero-order valence-corrected chi connectivity index (χ0v) is 12.4. The van der Waals surface area contributed by atoms with Gasteiger partial charge in [0, 0.05) is 37.5 Å². The first-order chi connectivity index (χ1) is 9.65. The molecule has 0 bridgehead atoms. The molecule has 0 atom stereocenters. The number of carbonyl (C=O) groups is 1. The molecular weight excluding hydrogens is 254 g/mol. The zero-order valence-electron chi connectivity index (χ0n) is 12.4. The fraction of sp³-hybridized carbons (Fsp3) is 0.533. The molecule has 0 aliphatic carbocycles. The molecule has 1 rings (SSSR count). The molecule has 0 fully saturated rings. The maximum atomic E-state index is 11.9. The molecule has 3 N–H and O–H groups in total. The van der Waals surface area contributed by atoms with Gasteiger partial charge in [0.15, 0.2) is 0 Å². The van der Waals surface area contributed by atoms with Gasteiger partial charge >= 0.3 is 0 Å². The fourth-order valence-corrected chi connectivity index (χ4v) is 1.87. The van der Waals surface area contributed by atoms with Crippen molar-refractivity contribution in [2.45, 2.75) is 20.3 Å². The van der Waals surface area contributed by atoms with Crippen LogP contribution in [0.25, 0.3) is 0 Å². The Morgan fingerprint density at radius 3 is 2.80 bits per heavy atom. The van der Waals surface area contributed by atoms with Crippen LogP contribution in [0, 0.1) is 0 Å². The number of nitrogen functional groups attached to an aromatic ring is 1. The largest absolute Gasteiger partial charge is 0.399 e. The van der Waals surface area contributed by atoms with Crippen LogP contribution in [0.2, 0.25) is 0 Å². The maximum absolute atomic E-state index is 11.9. The summed E-state index contributed by atoms with van der Waals surface area (Å²) >= 11 is 0. The minimum absolute atomic E-state index is 0.00506. The number of hydrogen-bond acceptors (Lipinski definition) is 4. The lowest BCUT2D eigenvalue weighted by molar-refractivity contribution is -0.116. The highest BCUT2D eigenvalue weighted by molar-refractivity contribution is 5.91. The van der Waals surface area contributed by atoms with Gasteiger partial charge in [-0.05, 0) is 31.7 Å². The van der Waals surface area contributed by atoms with Gasteiger partial charge in [-0.15, -0.1) is 0 Å². The quantitative estimate of drug-likeness (QED) is 0.535. The van der Waals surface area contributed by atoms with Crippen LogP contribution in [0.3, 0.4) is 0 Å². The van der Waals surface area contributed by atoms with Gasteiger partial charge in [0.1, 0.15) is 0 Å². The van der Waals surface area contributed by atoms with Gasteiger partial charge in [-0.3, -0.25) is 4.79 Å². The molecule has 5 heteroatoms. The number of nitrogens with one attached hydrogen (secondary N) is 1. The van der Waals surface area contributed by atoms with Crippen LogP contribution in [0.4, 0.5) is 11.4 Å². The predicted octanol–water partition coefficient (Wildman–Crippen LogP) is 1.96. The highest BCUT2D eigenvalue weighted by atomic mass is 16.5. The highest BCUT2D eigenvalue weighted by Crippen LogP contribution is 2.11. The van der Waals surface area contributed by atoms with Crippen LogP contribution in [0.5, 0.6) is 0 Å². The number of nitrogens with two attached hydrogens (primary N) is 1. The van der Waals surface area contributed by atoms with Crippen LogP contribution in [-0.2, 0) is 9.53 Å². The number of nitrogens with zero attached hydrogens (tertiary/aromatic N) is 1. The lowest BCUT2D eigenvalue weighted by Gasteiger charge is -2.19. The average molecular weight is 279 g/mol. The van der Waals surface area contributed by atoms with Crippen molar-refractivity contribution in [3.63, 3.8) is 0 Å². The Balaban J connectivity index is 2.30. The molecule has 1 aromatic rings. The molecule has 0 heterocycles. The SMILES string of the molecule is CCOCCN(CC)CCC(=O)Nc1cccc(N)c1. The van der Waals surface area contributed by atoms with E-state index in [-0.39, 0.29) is 5.91 Å². The minimum Gasteiger partial charge on any atom is -0.399 e. The molecular formula is C15H25N3O2. The summed E-state index contributed by atoms with van der Waals surface area (Å²) in [5, 5.41) is 2.85. The normalized spacial score (nSPS) is 10.8. The molecule has 1 amide bonds. The van der Waals surface area contributed by atoms with Crippen LogP contribution < -0.4 is 11.1 Å². The Morgan fingerprint density at radius 1 is 1.35 bits per heavy atom. The van der Waals surface area contributed by atoms with Crippen molar-refractivity contribution in [1.82, 2.24) is 4.90 Å². The Labute approximate surface area is 121 Å². The topological polar surface area (TPSA) is 67.6 Å². The van der Waals surface area contributed by atoms with Gasteiger partial charge in [-0.25, -0.2) is 0 Å². The Morgan fingerprint density at radius 2 is 2.15 bits per heavy atom. The summed E-state index contributed by atoms with van der Waals surface area (Å²) in [5.41, 5.74) is 7.06.